The summed E-state index contributed by atoms with van der Waals surface area (Å²) in [4.78, 5) is 30.5. The minimum Gasteiger partial charge on any atom is -0.465 e. The van der Waals surface area contributed by atoms with Crippen molar-refractivity contribution >= 4 is 17.5 Å². The van der Waals surface area contributed by atoms with Crippen LogP contribution in [0.15, 0.2) is 30.3 Å². The van der Waals surface area contributed by atoms with Crippen LogP contribution in [0.3, 0.4) is 0 Å². The van der Waals surface area contributed by atoms with E-state index >= 15 is 0 Å². The van der Waals surface area contributed by atoms with Gasteiger partial charge in [0.1, 0.15) is 0 Å². The number of rotatable bonds is 6. The monoisotopic (exact) mass is 394 g/mol. The van der Waals surface area contributed by atoms with E-state index in [1.54, 1.807) is 24.1 Å². The summed E-state index contributed by atoms with van der Waals surface area (Å²) in [5.74, 6) is -0.317. The van der Waals surface area contributed by atoms with Crippen LogP contribution in [0.4, 0.5) is 0 Å². The van der Waals surface area contributed by atoms with E-state index in [1.165, 1.54) is 7.11 Å². The van der Waals surface area contributed by atoms with Crippen LogP contribution in [0.5, 0.6) is 0 Å². The molecule has 3 aromatic rings. The van der Waals surface area contributed by atoms with Gasteiger partial charge in [0.2, 0.25) is 5.91 Å². The van der Waals surface area contributed by atoms with Crippen molar-refractivity contribution in [2.24, 2.45) is 0 Å². The standard InChI is InChI=1S/C22H26N4O3/c1-14-12-20-23-15(2)19(16(3)26(20)24-14)10-11-21(27)25(4)13-17-6-8-18(9-7-17)22(28)29-5/h6-9,12H,10-11,13H2,1-5H3. The van der Waals surface area contributed by atoms with Crippen LogP contribution in [-0.2, 0) is 22.5 Å². The molecule has 0 fully saturated rings. The number of methoxy groups -OCH3 is 1. The van der Waals surface area contributed by atoms with Gasteiger partial charge in [-0.25, -0.2) is 14.3 Å². The highest BCUT2D eigenvalue weighted by atomic mass is 16.5. The highest BCUT2D eigenvalue weighted by Gasteiger charge is 2.15. The lowest BCUT2D eigenvalue weighted by atomic mass is 10.1. The highest BCUT2D eigenvalue weighted by Crippen LogP contribution is 2.18. The van der Waals surface area contributed by atoms with Gasteiger partial charge in [0.25, 0.3) is 0 Å². The summed E-state index contributed by atoms with van der Waals surface area (Å²) in [7, 11) is 3.14. The minimum absolute atomic E-state index is 0.0533. The van der Waals surface area contributed by atoms with E-state index < -0.39 is 0 Å². The maximum Gasteiger partial charge on any atom is 0.337 e. The topological polar surface area (TPSA) is 76.8 Å². The van der Waals surface area contributed by atoms with E-state index in [9.17, 15) is 9.59 Å². The Morgan fingerprint density at radius 1 is 1.14 bits per heavy atom. The Morgan fingerprint density at radius 3 is 2.48 bits per heavy atom. The highest BCUT2D eigenvalue weighted by molar-refractivity contribution is 5.89. The van der Waals surface area contributed by atoms with Gasteiger partial charge in [-0.2, -0.15) is 5.10 Å². The first-order valence-corrected chi connectivity index (χ1v) is 9.54. The molecule has 0 aliphatic rings. The van der Waals surface area contributed by atoms with E-state index in [2.05, 4.69) is 10.1 Å². The molecule has 0 N–H and O–H groups in total. The van der Waals surface area contributed by atoms with Gasteiger partial charge < -0.3 is 9.64 Å². The molecule has 0 aliphatic carbocycles. The zero-order chi connectivity index (χ0) is 21.1. The first-order chi connectivity index (χ1) is 13.8. The quantitative estimate of drug-likeness (QED) is 0.601. The molecule has 7 heteroatoms. The lowest BCUT2D eigenvalue weighted by Crippen LogP contribution is -2.26. The number of ether oxygens (including phenoxy) is 1. The molecular formula is C22H26N4O3. The van der Waals surface area contributed by atoms with Crippen molar-refractivity contribution in [1.29, 1.82) is 0 Å². The number of nitrogens with zero attached hydrogens (tertiary/aromatic N) is 4. The van der Waals surface area contributed by atoms with Crippen molar-refractivity contribution in [1.82, 2.24) is 19.5 Å². The van der Waals surface area contributed by atoms with Crippen molar-refractivity contribution in [2.75, 3.05) is 14.2 Å². The average Bonchev–Trinajstić information content (AvgIpc) is 3.07. The second-order valence-electron chi connectivity index (χ2n) is 7.26. The molecular weight excluding hydrogens is 368 g/mol. The van der Waals surface area contributed by atoms with Crippen molar-refractivity contribution in [3.05, 3.63) is 64.1 Å². The number of esters is 1. The lowest BCUT2D eigenvalue weighted by Gasteiger charge is -2.18. The molecule has 7 nitrogen and oxygen atoms in total. The number of carbonyl (C=O) groups excluding carboxylic acids is 2. The van der Waals surface area contributed by atoms with E-state index in [-0.39, 0.29) is 11.9 Å². The predicted molar refractivity (Wildman–Crippen MR) is 110 cm³/mol. The second-order valence-corrected chi connectivity index (χ2v) is 7.26. The van der Waals surface area contributed by atoms with Crippen molar-refractivity contribution in [3.63, 3.8) is 0 Å². The van der Waals surface area contributed by atoms with E-state index in [4.69, 9.17) is 4.74 Å². The zero-order valence-corrected chi connectivity index (χ0v) is 17.5. The fourth-order valence-corrected chi connectivity index (χ4v) is 3.45. The summed E-state index contributed by atoms with van der Waals surface area (Å²) in [5, 5.41) is 4.48. The number of hydrogen-bond acceptors (Lipinski definition) is 5. The molecule has 3 rings (SSSR count). The Balaban J connectivity index is 1.64. The number of fused-ring (bicyclic) bond motifs is 1. The first-order valence-electron chi connectivity index (χ1n) is 9.54. The van der Waals surface area contributed by atoms with Gasteiger partial charge in [0.15, 0.2) is 5.65 Å². The second kappa shape index (κ2) is 8.43. The van der Waals surface area contributed by atoms with Gasteiger partial charge in [0, 0.05) is 37.5 Å². The van der Waals surface area contributed by atoms with Crippen LogP contribution in [0.2, 0.25) is 0 Å². The van der Waals surface area contributed by atoms with Crippen molar-refractivity contribution in [3.8, 4) is 0 Å². The van der Waals surface area contributed by atoms with Gasteiger partial charge in [-0.15, -0.1) is 0 Å². The summed E-state index contributed by atoms with van der Waals surface area (Å²) in [6, 6.07) is 9.04. The zero-order valence-electron chi connectivity index (χ0n) is 17.5. The normalized spacial score (nSPS) is 10.9. The Bertz CT molecular complexity index is 1050. The first kappa shape index (κ1) is 20.5. The molecule has 0 radical (unpaired) electrons. The molecule has 0 atom stereocenters. The SMILES string of the molecule is COC(=O)c1ccc(CN(C)C(=O)CCc2c(C)nc3cc(C)nn3c2C)cc1. The third-order valence-corrected chi connectivity index (χ3v) is 5.10. The molecule has 0 aliphatic heterocycles. The van der Waals surface area contributed by atoms with Gasteiger partial charge in [-0.05, 0) is 50.5 Å². The molecule has 0 unspecified atom stereocenters. The Morgan fingerprint density at radius 2 is 1.83 bits per heavy atom. The number of benzene rings is 1. The molecule has 0 bridgehead atoms. The van der Waals surface area contributed by atoms with Crippen LogP contribution in [0, 0.1) is 20.8 Å². The molecule has 0 saturated heterocycles. The van der Waals surface area contributed by atoms with Crippen LogP contribution < -0.4 is 0 Å². The number of amides is 1. The largest absolute Gasteiger partial charge is 0.465 e. The number of carbonyl (C=O) groups is 2. The Hall–Kier alpha value is -3.22. The minimum atomic E-state index is -0.371. The third kappa shape index (κ3) is 4.45. The van der Waals surface area contributed by atoms with Gasteiger partial charge in [-0.3, -0.25) is 4.79 Å². The summed E-state index contributed by atoms with van der Waals surface area (Å²) >= 11 is 0. The molecule has 0 spiro atoms. The van der Waals surface area contributed by atoms with Crippen LogP contribution in [0.25, 0.3) is 5.65 Å². The smallest absolute Gasteiger partial charge is 0.337 e. The van der Waals surface area contributed by atoms with E-state index in [0.717, 1.165) is 33.9 Å². The summed E-state index contributed by atoms with van der Waals surface area (Å²) in [5.41, 5.74) is 6.22. The van der Waals surface area contributed by atoms with Crippen LogP contribution in [0.1, 0.15) is 45.0 Å². The predicted octanol–water partition coefficient (Wildman–Crippen LogP) is 3.03. The molecule has 29 heavy (non-hydrogen) atoms. The molecule has 2 aromatic heterocycles. The van der Waals surface area contributed by atoms with E-state index in [1.807, 2.05) is 43.5 Å². The third-order valence-electron chi connectivity index (χ3n) is 5.10. The maximum atomic E-state index is 12.6. The molecule has 2 heterocycles. The molecule has 1 amide bonds. The fourth-order valence-electron chi connectivity index (χ4n) is 3.45. The lowest BCUT2D eigenvalue weighted by molar-refractivity contribution is -0.130. The molecule has 152 valence electrons. The summed E-state index contributed by atoms with van der Waals surface area (Å²) in [6.07, 6.45) is 1.01. The Labute approximate surface area is 170 Å². The van der Waals surface area contributed by atoms with Crippen molar-refractivity contribution < 1.29 is 14.3 Å². The van der Waals surface area contributed by atoms with Gasteiger partial charge in [0.05, 0.1) is 18.4 Å². The molecule has 1 aromatic carbocycles. The van der Waals surface area contributed by atoms with Gasteiger partial charge in [-0.1, -0.05) is 12.1 Å². The summed E-state index contributed by atoms with van der Waals surface area (Å²) in [6.45, 7) is 6.41. The Kier molecular flexibility index (Phi) is 5.96. The van der Waals surface area contributed by atoms with Crippen LogP contribution in [-0.4, -0.2) is 45.5 Å². The number of aromatic nitrogens is 3. The summed E-state index contributed by atoms with van der Waals surface area (Å²) < 4.78 is 6.54. The number of hydrogen-bond donors (Lipinski definition) is 0. The van der Waals surface area contributed by atoms with Crippen molar-refractivity contribution in [2.45, 2.75) is 40.2 Å². The number of aryl methyl sites for hydroxylation is 3. The maximum absolute atomic E-state index is 12.6. The van der Waals surface area contributed by atoms with Crippen LogP contribution >= 0.6 is 0 Å². The average molecular weight is 394 g/mol. The van der Waals surface area contributed by atoms with E-state index in [0.29, 0.717) is 24.9 Å². The molecule has 0 saturated carbocycles. The van der Waals surface area contributed by atoms with Gasteiger partial charge >= 0.3 is 5.97 Å². The fraction of sp³-hybridized carbons (Fsp3) is 0.364.